The van der Waals surface area contributed by atoms with Gasteiger partial charge in [-0.05, 0) is 18.6 Å². The summed E-state index contributed by atoms with van der Waals surface area (Å²) in [6.45, 7) is 10.7. The molecule has 0 aliphatic rings. The summed E-state index contributed by atoms with van der Waals surface area (Å²) in [5, 5.41) is 6.56. The van der Waals surface area contributed by atoms with E-state index < -0.39 is 0 Å². The minimum Gasteiger partial charge on any atom is -0.493 e. The Hall–Kier alpha value is -1.81. The standard InChI is InChI=1S/C22H34N4O3.HI/c1-16-8-9-17(18(12-16)28-11-7-10-27-6)13-25-21(23-5)26-15-20-24-14-19(29-20)22(2,3)4;/h8-9,12,14H,7,10-11,13,15H2,1-6H3,(H2,23,25,26);1H. The molecular weight excluding hydrogens is 495 g/mol. The van der Waals surface area contributed by atoms with Gasteiger partial charge in [0.2, 0.25) is 5.89 Å². The average molecular weight is 530 g/mol. The molecule has 0 spiro atoms. The van der Waals surface area contributed by atoms with Crippen molar-refractivity contribution >= 4 is 29.9 Å². The van der Waals surface area contributed by atoms with Gasteiger partial charge in [-0.1, -0.05) is 32.9 Å². The minimum atomic E-state index is -0.0593. The Morgan fingerprint density at radius 1 is 1.17 bits per heavy atom. The first-order chi connectivity index (χ1) is 13.8. The number of hydrogen-bond acceptors (Lipinski definition) is 5. The lowest BCUT2D eigenvalue weighted by Crippen LogP contribution is -2.36. The Labute approximate surface area is 197 Å². The van der Waals surface area contributed by atoms with Crippen molar-refractivity contribution in [2.24, 2.45) is 4.99 Å². The molecule has 1 aromatic heterocycles. The second-order valence-corrected chi connectivity index (χ2v) is 7.95. The Bertz CT molecular complexity index is 800. The van der Waals surface area contributed by atoms with Crippen molar-refractivity contribution < 1.29 is 13.9 Å². The van der Waals surface area contributed by atoms with E-state index >= 15 is 0 Å². The van der Waals surface area contributed by atoms with Gasteiger partial charge in [-0.15, -0.1) is 24.0 Å². The van der Waals surface area contributed by atoms with Gasteiger partial charge in [-0.2, -0.15) is 0 Å². The third-order valence-corrected chi connectivity index (χ3v) is 4.34. The number of nitrogens with one attached hydrogen (secondary N) is 2. The van der Waals surface area contributed by atoms with E-state index in [-0.39, 0.29) is 29.4 Å². The summed E-state index contributed by atoms with van der Waals surface area (Å²) in [5.74, 6) is 3.06. The first-order valence-electron chi connectivity index (χ1n) is 9.94. The summed E-state index contributed by atoms with van der Waals surface area (Å²) in [6, 6.07) is 6.21. The third-order valence-electron chi connectivity index (χ3n) is 4.34. The topological polar surface area (TPSA) is 80.9 Å². The molecular formula is C22H35IN4O3. The lowest BCUT2D eigenvalue weighted by Gasteiger charge is -2.15. The van der Waals surface area contributed by atoms with E-state index in [9.17, 15) is 0 Å². The van der Waals surface area contributed by atoms with Gasteiger partial charge >= 0.3 is 0 Å². The Balaban J connectivity index is 0.00000450. The van der Waals surface area contributed by atoms with Gasteiger partial charge in [-0.25, -0.2) is 4.98 Å². The molecule has 30 heavy (non-hydrogen) atoms. The van der Waals surface area contributed by atoms with Gasteiger partial charge in [0.25, 0.3) is 0 Å². The molecule has 0 bridgehead atoms. The minimum absolute atomic E-state index is 0. The molecule has 0 unspecified atom stereocenters. The predicted molar refractivity (Wildman–Crippen MR) is 131 cm³/mol. The molecule has 0 aliphatic heterocycles. The van der Waals surface area contributed by atoms with Crippen molar-refractivity contribution in [1.82, 2.24) is 15.6 Å². The molecule has 0 saturated heterocycles. The van der Waals surface area contributed by atoms with Crippen LogP contribution >= 0.6 is 24.0 Å². The van der Waals surface area contributed by atoms with E-state index in [4.69, 9.17) is 13.9 Å². The number of aliphatic imine (C=N–C) groups is 1. The maximum Gasteiger partial charge on any atom is 0.213 e. The predicted octanol–water partition coefficient (Wildman–Crippen LogP) is 4.18. The zero-order chi connectivity index (χ0) is 21.3. The second-order valence-electron chi connectivity index (χ2n) is 7.95. The van der Waals surface area contributed by atoms with Crippen LogP contribution in [0, 0.1) is 6.92 Å². The summed E-state index contributed by atoms with van der Waals surface area (Å²) < 4.78 is 16.8. The Kier molecular flexibility index (Phi) is 11.2. The number of hydrogen-bond donors (Lipinski definition) is 2. The number of benzene rings is 1. The van der Waals surface area contributed by atoms with Crippen molar-refractivity contribution in [1.29, 1.82) is 0 Å². The molecule has 1 heterocycles. The van der Waals surface area contributed by atoms with Gasteiger partial charge in [0, 0.05) is 44.7 Å². The van der Waals surface area contributed by atoms with Crippen molar-refractivity contribution in [2.45, 2.75) is 52.6 Å². The number of halogens is 1. The first-order valence-corrected chi connectivity index (χ1v) is 9.94. The zero-order valence-corrected chi connectivity index (χ0v) is 21.2. The number of rotatable bonds is 9. The summed E-state index contributed by atoms with van der Waals surface area (Å²) >= 11 is 0. The van der Waals surface area contributed by atoms with Crippen LogP contribution in [0.2, 0.25) is 0 Å². The number of oxazole rings is 1. The molecule has 0 amide bonds. The highest BCUT2D eigenvalue weighted by Gasteiger charge is 2.19. The highest BCUT2D eigenvalue weighted by molar-refractivity contribution is 14.0. The maximum atomic E-state index is 5.94. The van der Waals surface area contributed by atoms with E-state index in [2.05, 4.69) is 66.5 Å². The monoisotopic (exact) mass is 530 g/mol. The number of methoxy groups -OCH3 is 1. The van der Waals surface area contributed by atoms with Gasteiger partial charge in [0.1, 0.15) is 11.5 Å². The summed E-state index contributed by atoms with van der Waals surface area (Å²) in [4.78, 5) is 8.61. The number of aromatic nitrogens is 1. The third kappa shape index (κ3) is 8.51. The van der Waals surface area contributed by atoms with Crippen LogP contribution in [-0.4, -0.2) is 38.3 Å². The molecule has 1 aromatic carbocycles. The summed E-state index contributed by atoms with van der Waals surface area (Å²) in [6.07, 6.45) is 2.64. The van der Waals surface area contributed by atoms with E-state index in [1.165, 1.54) is 0 Å². The smallest absolute Gasteiger partial charge is 0.213 e. The van der Waals surface area contributed by atoms with Crippen LogP contribution in [0.25, 0.3) is 0 Å². The summed E-state index contributed by atoms with van der Waals surface area (Å²) in [5.41, 5.74) is 2.18. The molecule has 7 nitrogen and oxygen atoms in total. The van der Waals surface area contributed by atoms with Gasteiger partial charge < -0.3 is 24.5 Å². The molecule has 0 radical (unpaired) electrons. The normalized spacial score (nSPS) is 11.7. The largest absolute Gasteiger partial charge is 0.493 e. The second kappa shape index (κ2) is 12.8. The fourth-order valence-corrected chi connectivity index (χ4v) is 2.63. The molecule has 0 aliphatic carbocycles. The molecule has 2 N–H and O–H groups in total. The summed E-state index contributed by atoms with van der Waals surface area (Å²) in [7, 11) is 3.44. The SMILES string of the molecule is CN=C(NCc1ncc(C(C)(C)C)o1)NCc1ccc(C)cc1OCCCOC.I. The fraction of sp³-hybridized carbons (Fsp3) is 0.545. The van der Waals surface area contributed by atoms with Crippen LogP contribution in [-0.2, 0) is 23.2 Å². The van der Waals surface area contributed by atoms with E-state index in [1.54, 1.807) is 20.4 Å². The lowest BCUT2D eigenvalue weighted by atomic mass is 9.94. The van der Waals surface area contributed by atoms with E-state index in [1.807, 2.05) is 0 Å². The van der Waals surface area contributed by atoms with Crippen LogP contribution in [0.15, 0.2) is 33.8 Å². The Morgan fingerprint density at radius 2 is 1.90 bits per heavy atom. The van der Waals surface area contributed by atoms with Gasteiger partial charge in [0.15, 0.2) is 5.96 Å². The fourth-order valence-electron chi connectivity index (χ4n) is 2.63. The van der Waals surface area contributed by atoms with Crippen molar-refractivity contribution in [3.8, 4) is 5.75 Å². The van der Waals surface area contributed by atoms with Crippen LogP contribution in [0.4, 0.5) is 0 Å². The molecule has 0 saturated carbocycles. The van der Waals surface area contributed by atoms with Crippen molar-refractivity contribution in [3.05, 3.63) is 47.2 Å². The number of nitrogens with zero attached hydrogens (tertiary/aromatic N) is 2. The molecule has 2 aromatic rings. The molecule has 2 rings (SSSR count). The molecule has 0 atom stereocenters. The highest BCUT2D eigenvalue weighted by Crippen LogP contribution is 2.23. The highest BCUT2D eigenvalue weighted by atomic mass is 127. The number of aryl methyl sites for hydroxylation is 1. The van der Waals surface area contributed by atoms with E-state index in [0.29, 0.717) is 38.2 Å². The lowest BCUT2D eigenvalue weighted by molar-refractivity contribution is 0.171. The number of ether oxygens (including phenoxy) is 2. The van der Waals surface area contributed by atoms with Crippen molar-refractivity contribution in [3.63, 3.8) is 0 Å². The average Bonchev–Trinajstić information content (AvgIpc) is 3.16. The van der Waals surface area contributed by atoms with Crippen LogP contribution in [0.3, 0.4) is 0 Å². The van der Waals surface area contributed by atoms with Gasteiger partial charge in [-0.3, -0.25) is 4.99 Å². The van der Waals surface area contributed by atoms with Crippen LogP contribution < -0.4 is 15.4 Å². The van der Waals surface area contributed by atoms with Gasteiger partial charge in [0.05, 0.1) is 19.3 Å². The molecule has 168 valence electrons. The Morgan fingerprint density at radius 3 is 2.53 bits per heavy atom. The molecule has 8 heteroatoms. The van der Waals surface area contributed by atoms with Crippen LogP contribution in [0.5, 0.6) is 5.75 Å². The maximum absolute atomic E-state index is 5.94. The quantitative estimate of drug-likeness (QED) is 0.219. The molecule has 0 fully saturated rings. The number of guanidine groups is 1. The van der Waals surface area contributed by atoms with Crippen molar-refractivity contribution in [2.75, 3.05) is 27.4 Å². The van der Waals surface area contributed by atoms with E-state index in [0.717, 1.165) is 29.1 Å². The van der Waals surface area contributed by atoms with Crippen LogP contribution in [0.1, 0.15) is 50.0 Å². The zero-order valence-electron chi connectivity index (χ0n) is 18.9. The first kappa shape index (κ1) is 26.2.